The molecule has 1 saturated heterocycles. The summed E-state index contributed by atoms with van der Waals surface area (Å²) in [6, 6.07) is -0.392. The van der Waals surface area contributed by atoms with Gasteiger partial charge in [-0.15, -0.1) is 0 Å². The maximum atomic E-state index is 12.1. The summed E-state index contributed by atoms with van der Waals surface area (Å²) in [5, 5.41) is 8.66. The number of halogens is 3. The van der Waals surface area contributed by atoms with Crippen molar-refractivity contribution in [2.24, 2.45) is 0 Å². The second-order valence-corrected chi connectivity index (χ2v) is 3.66. The molecule has 1 aliphatic heterocycles. The zero-order chi connectivity index (χ0) is 11.6. The van der Waals surface area contributed by atoms with Crippen molar-refractivity contribution in [2.75, 3.05) is 26.2 Å². The Morgan fingerprint density at radius 2 is 2.07 bits per heavy atom. The SMILES string of the molecule is C[C@H]1CN(C(=O)O)CCN1CC(F)(F)F. The van der Waals surface area contributed by atoms with E-state index >= 15 is 0 Å². The summed E-state index contributed by atoms with van der Waals surface area (Å²) >= 11 is 0. The fourth-order valence-corrected chi connectivity index (χ4v) is 1.63. The molecule has 0 aromatic rings. The molecule has 15 heavy (non-hydrogen) atoms. The van der Waals surface area contributed by atoms with E-state index in [9.17, 15) is 18.0 Å². The van der Waals surface area contributed by atoms with Crippen LogP contribution in [0.1, 0.15) is 6.92 Å². The predicted octanol–water partition coefficient (Wildman–Crippen LogP) is 1.23. The smallest absolute Gasteiger partial charge is 0.407 e. The molecule has 7 heteroatoms. The van der Waals surface area contributed by atoms with Crippen LogP contribution in [0.4, 0.5) is 18.0 Å². The Labute approximate surface area is 85.3 Å². The van der Waals surface area contributed by atoms with Gasteiger partial charge in [0, 0.05) is 25.7 Å². The minimum atomic E-state index is -4.22. The summed E-state index contributed by atoms with van der Waals surface area (Å²) in [5.74, 6) is 0. The molecular formula is C8H13F3N2O2. The predicted molar refractivity (Wildman–Crippen MR) is 46.7 cm³/mol. The molecule has 0 aliphatic carbocycles. The molecule has 0 aromatic carbocycles. The first-order chi connectivity index (χ1) is 6.79. The summed E-state index contributed by atoms with van der Waals surface area (Å²) < 4.78 is 36.3. The molecule has 88 valence electrons. The fourth-order valence-electron chi connectivity index (χ4n) is 1.63. The number of rotatable bonds is 1. The van der Waals surface area contributed by atoms with Crippen molar-refractivity contribution in [3.8, 4) is 0 Å². The van der Waals surface area contributed by atoms with E-state index < -0.39 is 24.9 Å². The van der Waals surface area contributed by atoms with Gasteiger partial charge in [-0.05, 0) is 6.92 Å². The average Bonchev–Trinajstić information content (AvgIpc) is 2.05. The standard InChI is InChI=1S/C8H13F3N2O2/c1-6-4-12(7(14)15)2-3-13(6)5-8(9,10)11/h6H,2-5H2,1H3,(H,14,15)/t6-/m0/s1. The van der Waals surface area contributed by atoms with Crippen LogP contribution in [0.2, 0.25) is 0 Å². The Morgan fingerprint density at radius 1 is 1.47 bits per heavy atom. The summed E-state index contributed by atoms with van der Waals surface area (Å²) in [4.78, 5) is 13.0. The molecule has 0 unspecified atom stereocenters. The third-order valence-electron chi connectivity index (χ3n) is 2.42. The lowest BCUT2D eigenvalue weighted by molar-refractivity contribution is -0.154. The molecule has 1 atom stereocenters. The van der Waals surface area contributed by atoms with E-state index in [1.165, 1.54) is 4.90 Å². The van der Waals surface area contributed by atoms with E-state index in [4.69, 9.17) is 5.11 Å². The Balaban J connectivity index is 2.49. The van der Waals surface area contributed by atoms with E-state index in [1.807, 2.05) is 0 Å². The highest BCUT2D eigenvalue weighted by molar-refractivity contribution is 5.65. The van der Waals surface area contributed by atoms with Gasteiger partial charge in [0.05, 0.1) is 6.54 Å². The molecule has 1 aliphatic rings. The van der Waals surface area contributed by atoms with Crippen molar-refractivity contribution in [1.82, 2.24) is 9.80 Å². The molecule has 4 nitrogen and oxygen atoms in total. The van der Waals surface area contributed by atoms with E-state index in [0.717, 1.165) is 4.90 Å². The number of nitrogens with zero attached hydrogens (tertiary/aromatic N) is 2. The zero-order valence-electron chi connectivity index (χ0n) is 8.29. The van der Waals surface area contributed by atoms with Gasteiger partial charge in [0.15, 0.2) is 0 Å². The average molecular weight is 226 g/mol. The highest BCUT2D eigenvalue weighted by atomic mass is 19.4. The first-order valence-electron chi connectivity index (χ1n) is 4.58. The molecule has 1 N–H and O–H groups in total. The van der Waals surface area contributed by atoms with Gasteiger partial charge >= 0.3 is 12.3 Å². The minimum Gasteiger partial charge on any atom is -0.465 e. The lowest BCUT2D eigenvalue weighted by Gasteiger charge is -2.38. The third-order valence-corrected chi connectivity index (χ3v) is 2.42. The van der Waals surface area contributed by atoms with Crippen LogP contribution in [0, 0.1) is 0 Å². The number of alkyl halides is 3. The Morgan fingerprint density at radius 3 is 2.47 bits per heavy atom. The van der Waals surface area contributed by atoms with Gasteiger partial charge in [-0.25, -0.2) is 4.79 Å². The molecule has 0 spiro atoms. The van der Waals surface area contributed by atoms with E-state index in [0.29, 0.717) is 0 Å². The number of carbonyl (C=O) groups is 1. The van der Waals surface area contributed by atoms with Gasteiger partial charge in [0.1, 0.15) is 0 Å². The summed E-state index contributed by atoms with van der Waals surface area (Å²) in [5.41, 5.74) is 0. The van der Waals surface area contributed by atoms with Crippen molar-refractivity contribution >= 4 is 6.09 Å². The largest absolute Gasteiger partial charge is 0.465 e. The Bertz CT molecular complexity index is 245. The first kappa shape index (κ1) is 12.1. The number of piperazine rings is 1. The van der Waals surface area contributed by atoms with Crippen LogP contribution < -0.4 is 0 Å². The molecule has 1 amide bonds. The Hall–Kier alpha value is -0.980. The highest BCUT2D eigenvalue weighted by Crippen LogP contribution is 2.20. The second-order valence-electron chi connectivity index (χ2n) is 3.66. The van der Waals surface area contributed by atoms with Gasteiger partial charge in [-0.3, -0.25) is 4.90 Å². The van der Waals surface area contributed by atoms with Crippen LogP contribution in [0.5, 0.6) is 0 Å². The molecule has 0 radical (unpaired) electrons. The van der Waals surface area contributed by atoms with Crippen LogP contribution in [0.15, 0.2) is 0 Å². The second kappa shape index (κ2) is 4.26. The molecule has 1 fully saturated rings. The highest BCUT2D eigenvalue weighted by Gasteiger charge is 2.35. The molecular weight excluding hydrogens is 213 g/mol. The van der Waals surface area contributed by atoms with E-state index in [2.05, 4.69) is 0 Å². The van der Waals surface area contributed by atoms with Gasteiger partial charge < -0.3 is 10.0 Å². The molecule has 0 aromatic heterocycles. The topological polar surface area (TPSA) is 43.8 Å². The van der Waals surface area contributed by atoms with Crippen molar-refractivity contribution in [3.05, 3.63) is 0 Å². The summed E-state index contributed by atoms with van der Waals surface area (Å²) in [6.45, 7) is 1.02. The van der Waals surface area contributed by atoms with E-state index in [-0.39, 0.29) is 19.6 Å². The maximum absolute atomic E-state index is 12.1. The van der Waals surface area contributed by atoms with Crippen LogP contribution in [-0.4, -0.2) is 59.4 Å². The summed E-state index contributed by atoms with van der Waals surface area (Å²) in [7, 11) is 0. The van der Waals surface area contributed by atoms with Gasteiger partial charge in [0.25, 0.3) is 0 Å². The zero-order valence-corrected chi connectivity index (χ0v) is 8.29. The van der Waals surface area contributed by atoms with E-state index in [1.54, 1.807) is 6.92 Å². The molecule has 0 saturated carbocycles. The van der Waals surface area contributed by atoms with Crippen molar-refractivity contribution in [1.29, 1.82) is 0 Å². The Kier molecular flexibility index (Phi) is 3.43. The van der Waals surface area contributed by atoms with Crippen LogP contribution in [-0.2, 0) is 0 Å². The lowest BCUT2D eigenvalue weighted by atomic mass is 10.2. The molecule has 1 heterocycles. The normalized spacial score (nSPS) is 24.3. The number of amides is 1. The number of hydrogen-bond donors (Lipinski definition) is 1. The molecule has 1 rings (SSSR count). The quantitative estimate of drug-likeness (QED) is 0.731. The van der Waals surface area contributed by atoms with Gasteiger partial charge in [-0.1, -0.05) is 0 Å². The monoisotopic (exact) mass is 226 g/mol. The van der Waals surface area contributed by atoms with Gasteiger partial charge in [-0.2, -0.15) is 13.2 Å². The maximum Gasteiger partial charge on any atom is 0.407 e. The van der Waals surface area contributed by atoms with Crippen molar-refractivity contribution in [2.45, 2.75) is 19.1 Å². The first-order valence-corrected chi connectivity index (χ1v) is 4.58. The fraction of sp³-hybridized carbons (Fsp3) is 0.875. The third kappa shape index (κ3) is 3.58. The van der Waals surface area contributed by atoms with Crippen molar-refractivity contribution in [3.63, 3.8) is 0 Å². The van der Waals surface area contributed by atoms with Crippen LogP contribution >= 0.6 is 0 Å². The minimum absolute atomic E-state index is 0.130. The lowest BCUT2D eigenvalue weighted by Crippen LogP contribution is -2.55. The van der Waals surface area contributed by atoms with Crippen LogP contribution in [0.25, 0.3) is 0 Å². The molecule has 0 bridgehead atoms. The van der Waals surface area contributed by atoms with Gasteiger partial charge in [0.2, 0.25) is 0 Å². The number of hydrogen-bond acceptors (Lipinski definition) is 2. The number of carboxylic acid groups (broad SMARTS) is 1. The summed E-state index contributed by atoms with van der Waals surface area (Å²) in [6.07, 6.45) is -5.30. The van der Waals surface area contributed by atoms with Crippen LogP contribution in [0.3, 0.4) is 0 Å². The van der Waals surface area contributed by atoms with Crippen molar-refractivity contribution < 1.29 is 23.1 Å².